The van der Waals surface area contributed by atoms with E-state index in [0.717, 1.165) is 35.5 Å². The molecule has 0 spiro atoms. The zero-order chi connectivity index (χ0) is 25.6. The second kappa shape index (κ2) is 9.38. The van der Waals surface area contributed by atoms with Gasteiger partial charge in [0.25, 0.3) is 0 Å². The Labute approximate surface area is 217 Å². The first-order chi connectivity index (χ1) is 17.8. The third kappa shape index (κ3) is 4.83. The molecule has 1 saturated heterocycles. The Hall–Kier alpha value is -3.01. The van der Waals surface area contributed by atoms with E-state index in [9.17, 15) is 18.7 Å². The number of carbonyl (C=O) groups excluding carboxylic acids is 1. The lowest BCUT2D eigenvalue weighted by Gasteiger charge is -2.21. The van der Waals surface area contributed by atoms with E-state index in [1.54, 1.807) is 18.0 Å². The van der Waals surface area contributed by atoms with Crippen LogP contribution < -0.4 is 9.47 Å². The molecule has 2 fully saturated rings. The number of benzene rings is 2. The Kier molecular flexibility index (Phi) is 6.17. The molecule has 1 saturated carbocycles. The molecule has 1 aliphatic carbocycles. The van der Waals surface area contributed by atoms with Gasteiger partial charge in [-0.1, -0.05) is 24.3 Å². The van der Waals surface area contributed by atoms with Crippen molar-refractivity contribution < 1.29 is 28.2 Å². The number of hydrogen-bond acceptors (Lipinski definition) is 7. The zero-order valence-corrected chi connectivity index (χ0v) is 20.8. The molecule has 9 heteroatoms. The van der Waals surface area contributed by atoms with Gasteiger partial charge in [-0.25, -0.2) is 4.31 Å². The fourth-order valence-electron chi connectivity index (χ4n) is 5.11. The number of ketones is 1. The van der Waals surface area contributed by atoms with Crippen LogP contribution in [0.25, 0.3) is 11.3 Å². The molecule has 1 atom stereocenters. The van der Waals surface area contributed by atoms with Crippen molar-refractivity contribution in [2.45, 2.75) is 54.8 Å². The summed E-state index contributed by atoms with van der Waals surface area (Å²) in [7, 11) is 0. The molecule has 1 aromatic heterocycles. The van der Waals surface area contributed by atoms with Gasteiger partial charge in [0.15, 0.2) is 11.5 Å². The zero-order valence-electron chi connectivity index (χ0n) is 20.0. The highest BCUT2D eigenvalue weighted by molar-refractivity contribution is 7.97. The van der Waals surface area contributed by atoms with Crippen LogP contribution in [-0.4, -0.2) is 45.7 Å². The molecule has 37 heavy (non-hydrogen) atoms. The van der Waals surface area contributed by atoms with E-state index in [2.05, 4.69) is 25.9 Å². The van der Waals surface area contributed by atoms with E-state index >= 15 is 0 Å². The van der Waals surface area contributed by atoms with Gasteiger partial charge in [0.05, 0.1) is 17.7 Å². The van der Waals surface area contributed by atoms with E-state index in [-0.39, 0.29) is 36.4 Å². The topological polar surface area (TPSA) is 71.9 Å². The van der Waals surface area contributed by atoms with Crippen molar-refractivity contribution in [2.75, 3.05) is 13.2 Å². The van der Waals surface area contributed by atoms with Crippen molar-refractivity contribution in [2.24, 2.45) is 0 Å². The summed E-state index contributed by atoms with van der Waals surface area (Å²) in [5, 5.41) is 9.55. The summed E-state index contributed by atoms with van der Waals surface area (Å²) in [5.41, 5.74) is 2.38. The predicted molar refractivity (Wildman–Crippen MR) is 135 cm³/mol. The molecule has 0 radical (unpaired) electrons. The largest absolute Gasteiger partial charge is 0.586 e. The molecule has 0 unspecified atom stereocenters. The first-order valence-electron chi connectivity index (χ1n) is 12.4. The number of fused-ring (bicyclic) bond motifs is 1. The lowest BCUT2D eigenvalue weighted by Crippen LogP contribution is -2.26. The molecule has 3 heterocycles. The SMILES string of the molecule is O=C(Cc1cccc(-c2ccc(SN3CCC[C@@H]3CO)cc2)n1)C1(c2ccc3c(c2)OC(F)(F)O3)CC1. The molecule has 1 N–H and O–H groups in total. The standard InChI is InChI=1S/C28H26F2N2O4S/c29-28(30)35-24-11-8-19(15-25(24)36-28)27(12-13-27)26(34)16-20-3-1-5-23(31-20)18-6-9-22(10-7-18)37-32-14-2-4-21(32)17-33/h1,3,5-11,15,21,33H,2,4,12-14,16-17H2/t21-/m1/s1. The summed E-state index contributed by atoms with van der Waals surface area (Å²) in [6.45, 7) is 1.14. The first-order valence-corrected chi connectivity index (χ1v) is 13.2. The van der Waals surface area contributed by atoms with Gasteiger partial charge in [0.1, 0.15) is 5.78 Å². The lowest BCUT2D eigenvalue weighted by atomic mass is 9.88. The Balaban J connectivity index is 1.15. The summed E-state index contributed by atoms with van der Waals surface area (Å²) in [4.78, 5) is 19.2. The van der Waals surface area contributed by atoms with Crippen LogP contribution >= 0.6 is 11.9 Å². The van der Waals surface area contributed by atoms with Gasteiger partial charge in [-0.3, -0.25) is 9.78 Å². The highest BCUT2D eigenvalue weighted by atomic mass is 32.2. The second-order valence-electron chi connectivity index (χ2n) is 9.76. The maximum atomic E-state index is 13.4. The lowest BCUT2D eigenvalue weighted by molar-refractivity contribution is -0.286. The van der Waals surface area contributed by atoms with Crippen LogP contribution in [0.3, 0.4) is 0 Å². The predicted octanol–water partition coefficient (Wildman–Crippen LogP) is 5.38. The Morgan fingerprint density at radius 1 is 1.08 bits per heavy atom. The number of pyridine rings is 1. The van der Waals surface area contributed by atoms with Crippen molar-refractivity contribution in [3.63, 3.8) is 0 Å². The van der Waals surface area contributed by atoms with Crippen LogP contribution in [0.1, 0.15) is 36.9 Å². The molecule has 192 valence electrons. The van der Waals surface area contributed by atoms with E-state index < -0.39 is 11.7 Å². The van der Waals surface area contributed by atoms with E-state index in [1.165, 1.54) is 12.1 Å². The second-order valence-corrected chi connectivity index (χ2v) is 10.9. The smallest absolute Gasteiger partial charge is 0.395 e. The van der Waals surface area contributed by atoms with Gasteiger partial charge in [-0.2, -0.15) is 0 Å². The average molecular weight is 525 g/mol. The number of rotatable bonds is 8. The van der Waals surface area contributed by atoms with Crippen molar-refractivity contribution in [1.82, 2.24) is 9.29 Å². The van der Waals surface area contributed by atoms with Crippen LogP contribution in [-0.2, 0) is 16.6 Å². The highest BCUT2D eigenvalue weighted by Crippen LogP contribution is 2.52. The summed E-state index contributed by atoms with van der Waals surface area (Å²) < 4.78 is 38.1. The summed E-state index contributed by atoms with van der Waals surface area (Å²) in [5.74, 6) is -0.0528. The average Bonchev–Trinajstić information content (AvgIpc) is 3.48. The van der Waals surface area contributed by atoms with Gasteiger partial charge in [0, 0.05) is 35.2 Å². The number of aliphatic hydroxyl groups excluding tert-OH is 1. The van der Waals surface area contributed by atoms with E-state index in [0.29, 0.717) is 24.1 Å². The van der Waals surface area contributed by atoms with Crippen LogP contribution in [0.2, 0.25) is 0 Å². The number of ether oxygens (including phenoxy) is 2. The normalized spacial score (nSPS) is 21.2. The fraction of sp³-hybridized carbons (Fsp3) is 0.357. The minimum Gasteiger partial charge on any atom is -0.395 e. The fourth-order valence-corrected chi connectivity index (χ4v) is 6.18. The minimum atomic E-state index is -3.68. The summed E-state index contributed by atoms with van der Waals surface area (Å²) >= 11 is 1.66. The number of carbonyl (C=O) groups is 1. The maximum absolute atomic E-state index is 13.4. The molecule has 2 aliphatic heterocycles. The van der Waals surface area contributed by atoms with Crippen LogP contribution in [0.5, 0.6) is 11.5 Å². The molecule has 0 amide bonds. The number of alkyl halides is 2. The van der Waals surface area contributed by atoms with E-state index in [4.69, 9.17) is 4.98 Å². The molecular weight excluding hydrogens is 498 g/mol. The number of Topliss-reactive ketones (excluding diaryl/α,β-unsaturated/α-hetero) is 1. The Morgan fingerprint density at radius 2 is 1.86 bits per heavy atom. The molecule has 3 aromatic rings. The Morgan fingerprint density at radius 3 is 2.62 bits per heavy atom. The quantitative estimate of drug-likeness (QED) is 0.397. The van der Waals surface area contributed by atoms with Crippen molar-refractivity contribution in [3.8, 4) is 22.8 Å². The van der Waals surface area contributed by atoms with Gasteiger partial charge in [0.2, 0.25) is 0 Å². The molecular formula is C28H26F2N2O4S. The summed E-state index contributed by atoms with van der Waals surface area (Å²) in [6, 6.07) is 18.6. The van der Waals surface area contributed by atoms with Crippen LogP contribution in [0.15, 0.2) is 65.6 Å². The number of aromatic nitrogens is 1. The van der Waals surface area contributed by atoms with Crippen LogP contribution in [0, 0.1) is 0 Å². The molecule has 6 rings (SSSR count). The van der Waals surface area contributed by atoms with Gasteiger partial charge < -0.3 is 14.6 Å². The number of hydrogen-bond donors (Lipinski definition) is 1. The van der Waals surface area contributed by atoms with Gasteiger partial charge in [-0.15, -0.1) is 8.78 Å². The Bertz CT molecular complexity index is 1330. The first kappa shape index (κ1) is 24.3. The highest BCUT2D eigenvalue weighted by Gasteiger charge is 2.52. The van der Waals surface area contributed by atoms with Gasteiger partial charge >= 0.3 is 6.29 Å². The van der Waals surface area contributed by atoms with E-state index in [1.807, 2.05) is 30.3 Å². The van der Waals surface area contributed by atoms with Crippen molar-refractivity contribution in [3.05, 3.63) is 71.9 Å². The number of halogens is 2. The summed E-state index contributed by atoms with van der Waals surface area (Å²) in [6.07, 6.45) is -0.0902. The monoisotopic (exact) mass is 524 g/mol. The third-order valence-electron chi connectivity index (χ3n) is 7.29. The number of aliphatic hydroxyl groups is 1. The molecule has 6 nitrogen and oxygen atoms in total. The number of nitrogens with zero attached hydrogens (tertiary/aromatic N) is 2. The maximum Gasteiger partial charge on any atom is 0.586 e. The minimum absolute atomic E-state index is 0.0126. The molecule has 2 aromatic carbocycles. The van der Waals surface area contributed by atoms with Crippen molar-refractivity contribution >= 4 is 17.7 Å². The van der Waals surface area contributed by atoms with Crippen molar-refractivity contribution in [1.29, 1.82) is 0 Å². The third-order valence-corrected chi connectivity index (χ3v) is 8.49. The van der Waals surface area contributed by atoms with Crippen LogP contribution in [0.4, 0.5) is 8.78 Å². The molecule has 0 bridgehead atoms. The van der Waals surface area contributed by atoms with Gasteiger partial charge in [-0.05, 0) is 79.6 Å². The molecule has 3 aliphatic rings.